The average Bonchev–Trinajstić information content (AvgIpc) is 3.00. The minimum atomic E-state index is -0.386. The number of halogens is 1. The lowest BCUT2D eigenvalue weighted by Gasteiger charge is -2.04. The fraction of sp³-hybridized carbons (Fsp3) is 0.0500. The molecule has 128 valence electrons. The van der Waals surface area contributed by atoms with Crippen LogP contribution in [0.25, 0.3) is 22.2 Å². The van der Waals surface area contributed by atoms with Crippen LogP contribution in [0.3, 0.4) is 0 Å². The molecule has 0 bridgehead atoms. The fourth-order valence-corrected chi connectivity index (χ4v) is 3.23. The maximum atomic E-state index is 11.2. The van der Waals surface area contributed by atoms with E-state index in [9.17, 15) is 10.1 Å². The summed E-state index contributed by atoms with van der Waals surface area (Å²) in [5, 5.41) is 17.3. The highest BCUT2D eigenvalue weighted by molar-refractivity contribution is 6.30. The summed E-state index contributed by atoms with van der Waals surface area (Å²) in [5.41, 5.74) is 3.56. The maximum absolute atomic E-state index is 11.2. The summed E-state index contributed by atoms with van der Waals surface area (Å²) in [4.78, 5) is 10.8. The summed E-state index contributed by atoms with van der Waals surface area (Å²) >= 11 is 6.08. The predicted octanol–water partition coefficient (Wildman–Crippen LogP) is 5.31. The number of nitrogens with zero attached hydrogens (tertiary/aromatic N) is 3. The van der Waals surface area contributed by atoms with Gasteiger partial charge in [0.2, 0.25) is 0 Å². The Morgan fingerprint density at radius 3 is 2.54 bits per heavy atom. The number of benzene rings is 3. The minimum absolute atomic E-state index is 0.0528. The summed E-state index contributed by atoms with van der Waals surface area (Å²) in [7, 11) is 0. The predicted molar refractivity (Wildman–Crippen MR) is 102 cm³/mol. The number of non-ortho nitro benzene ring substituents is 1. The molecule has 0 saturated heterocycles. The van der Waals surface area contributed by atoms with Crippen molar-refractivity contribution >= 4 is 28.2 Å². The van der Waals surface area contributed by atoms with Crippen molar-refractivity contribution in [1.29, 1.82) is 0 Å². The van der Waals surface area contributed by atoms with Crippen LogP contribution in [0.1, 0.15) is 5.56 Å². The van der Waals surface area contributed by atoms with Crippen molar-refractivity contribution in [3.63, 3.8) is 0 Å². The van der Waals surface area contributed by atoms with Gasteiger partial charge in [0, 0.05) is 28.1 Å². The van der Waals surface area contributed by atoms with Gasteiger partial charge in [-0.1, -0.05) is 54.1 Å². The lowest BCUT2D eigenvalue weighted by atomic mass is 10.1. The van der Waals surface area contributed by atoms with E-state index < -0.39 is 0 Å². The zero-order valence-corrected chi connectivity index (χ0v) is 14.4. The highest BCUT2D eigenvalue weighted by atomic mass is 35.5. The molecule has 0 atom stereocenters. The third kappa shape index (κ3) is 3.05. The lowest BCUT2D eigenvalue weighted by Crippen LogP contribution is -2.01. The fourth-order valence-electron chi connectivity index (χ4n) is 3.02. The monoisotopic (exact) mass is 363 g/mol. The van der Waals surface area contributed by atoms with E-state index in [1.54, 1.807) is 12.1 Å². The molecule has 3 aromatic carbocycles. The molecule has 0 radical (unpaired) electrons. The van der Waals surface area contributed by atoms with Crippen LogP contribution >= 0.6 is 11.6 Å². The standard InChI is InChI=1S/C20H14ClN3O2/c21-16-8-4-5-14(11-16)13-23-19-10-9-17(24(25)26)12-18(19)20(22-23)15-6-2-1-3-7-15/h1-12H,13H2. The van der Waals surface area contributed by atoms with Gasteiger partial charge in [0.25, 0.3) is 5.69 Å². The third-order valence-electron chi connectivity index (χ3n) is 4.21. The molecule has 1 aromatic heterocycles. The molecule has 4 aromatic rings. The van der Waals surface area contributed by atoms with Crippen molar-refractivity contribution in [3.8, 4) is 11.3 Å². The first-order valence-electron chi connectivity index (χ1n) is 8.06. The molecule has 0 aliphatic rings. The Bertz CT molecular complexity index is 1110. The van der Waals surface area contributed by atoms with E-state index in [0.29, 0.717) is 11.6 Å². The van der Waals surface area contributed by atoms with Crippen molar-refractivity contribution in [2.75, 3.05) is 0 Å². The van der Waals surface area contributed by atoms with E-state index in [-0.39, 0.29) is 10.6 Å². The van der Waals surface area contributed by atoms with Gasteiger partial charge in [-0.15, -0.1) is 0 Å². The quantitative estimate of drug-likeness (QED) is 0.364. The highest BCUT2D eigenvalue weighted by Gasteiger charge is 2.16. The summed E-state index contributed by atoms with van der Waals surface area (Å²) in [6.07, 6.45) is 0. The highest BCUT2D eigenvalue weighted by Crippen LogP contribution is 2.31. The molecule has 0 fully saturated rings. The zero-order valence-electron chi connectivity index (χ0n) is 13.7. The van der Waals surface area contributed by atoms with E-state index >= 15 is 0 Å². The first-order valence-corrected chi connectivity index (χ1v) is 8.44. The Morgan fingerprint density at radius 1 is 1.00 bits per heavy atom. The van der Waals surface area contributed by atoms with Crippen molar-refractivity contribution in [2.24, 2.45) is 0 Å². The van der Waals surface area contributed by atoms with Crippen LogP contribution in [0.2, 0.25) is 5.02 Å². The molecule has 0 spiro atoms. The molecule has 0 amide bonds. The molecule has 6 heteroatoms. The van der Waals surface area contributed by atoms with Gasteiger partial charge in [0.05, 0.1) is 17.0 Å². The smallest absolute Gasteiger partial charge is 0.260 e. The van der Waals surface area contributed by atoms with E-state index in [1.807, 2.05) is 59.3 Å². The summed E-state index contributed by atoms with van der Waals surface area (Å²) in [5.74, 6) is 0. The van der Waals surface area contributed by atoms with Crippen LogP contribution < -0.4 is 0 Å². The van der Waals surface area contributed by atoms with Crippen molar-refractivity contribution in [1.82, 2.24) is 9.78 Å². The number of nitro groups is 1. The van der Waals surface area contributed by atoms with Gasteiger partial charge in [-0.25, -0.2) is 0 Å². The van der Waals surface area contributed by atoms with Gasteiger partial charge in [0.15, 0.2) is 0 Å². The first-order chi connectivity index (χ1) is 12.6. The molecular formula is C20H14ClN3O2. The van der Waals surface area contributed by atoms with E-state index in [4.69, 9.17) is 16.7 Å². The van der Waals surface area contributed by atoms with Crippen LogP contribution in [0.15, 0.2) is 72.8 Å². The third-order valence-corrected chi connectivity index (χ3v) is 4.45. The van der Waals surface area contributed by atoms with Gasteiger partial charge in [-0.05, 0) is 23.8 Å². The average molecular weight is 364 g/mol. The van der Waals surface area contributed by atoms with E-state index in [1.165, 1.54) is 6.07 Å². The van der Waals surface area contributed by atoms with Crippen LogP contribution in [0.5, 0.6) is 0 Å². The summed E-state index contributed by atoms with van der Waals surface area (Å²) in [6, 6.07) is 22.1. The van der Waals surface area contributed by atoms with Gasteiger partial charge in [0.1, 0.15) is 5.69 Å². The van der Waals surface area contributed by atoms with Crippen molar-refractivity contribution in [2.45, 2.75) is 6.54 Å². The molecular weight excluding hydrogens is 350 g/mol. The number of hydrogen-bond acceptors (Lipinski definition) is 3. The molecule has 1 heterocycles. The maximum Gasteiger partial charge on any atom is 0.270 e. The lowest BCUT2D eigenvalue weighted by molar-refractivity contribution is -0.384. The Labute approximate surface area is 154 Å². The topological polar surface area (TPSA) is 61.0 Å². The number of hydrogen-bond donors (Lipinski definition) is 0. The summed E-state index contributed by atoms with van der Waals surface area (Å²) in [6.45, 7) is 0.529. The summed E-state index contributed by atoms with van der Waals surface area (Å²) < 4.78 is 1.85. The normalized spacial score (nSPS) is 11.0. The zero-order chi connectivity index (χ0) is 18.1. The van der Waals surface area contributed by atoms with Gasteiger partial charge in [-0.2, -0.15) is 5.10 Å². The Morgan fingerprint density at radius 2 is 1.81 bits per heavy atom. The Balaban J connectivity index is 1.89. The molecule has 5 nitrogen and oxygen atoms in total. The SMILES string of the molecule is O=[N+]([O-])c1ccc2c(c1)c(-c1ccccc1)nn2Cc1cccc(Cl)c1. The van der Waals surface area contributed by atoms with Crippen LogP contribution in [0, 0.1) is 10.1 Å². The number of fused-ring (bicyclic) bond motifs is 1. The first kappa shape index (κ1) is 16.3. The molecule has 0 aliphatic heterocycles. The van der Waals surface area contributed by atoms with E-state index in [2.05, 4.69) is 0 Å². The molecule has 26 heavy (non-hydrogen) atoms. The number of nitro benzene ring substituents is 1. The molecule has 4 rings (SSSR count). The minimum Gasteiger partial charge on any atom is -0.260 e. The van der Waals surface area contributed by atoms with Crippen molar-refractivity contribution < 1.29 is 4.92 Å². The van der Waals surface area contributed by atoms with Crippen LogP contribution in [-0.4, -0.2) is 14.7 Å². The molecule has 0 unspecified atom stereocenters. The molecule has 0 N–H and O–H groups in total. The number of aromatic nitrogens is 2. The van der Waals surface area contributed by atoms with Gasteiger partial charge in [-0.3, -0.25) is 14.8 Å². The number of rotatable bonds is 4. The Hall–Kier alpha value is -3.18. The molecule has 0 aliphatic carbocycles. The second-order valence-electron chi connectivity index (χ2n) is 5.96. The van der Waals surface area contributed by atoms with Crippen LogP contribution in [0.4, 0.5) is 5.69 Å². The van der Waals surface area contributed by atoms with Gasteiger partial charge >= 0.3 is 0 Å². The second-order valence-corrected chi connectivity index (χ2v) is 6.40. The van der Waals surface area contributed by atoms with Crippen molar-refractivity contribution in [3.05, 3.63) is 93.5 Å². The molecule has 0 saturated carbocycles. The van der Waals surface area contributed by atoms with Gasteiger partial charge < -0.3 is 0 Å². The van der Waals surface area contributed by atoms with Crippen LogP contribution in [-0.2, 0) is 6.54 Å². The largest absolute Gasteiger partial charge is 0.270 e. The van der Waals surface area contributed by atoms with E-state index in [0.717, 1.165) is 27.7 Å². The Kier molecular flexibility index (Phi) is 4.14. The second kappa shape index (κ2) is 6.61.